The molecule has 0 unspecified atom stereocenters. The molecule has 4 N–H and O–H groups in total. The molecule has 0 saturated heterocycles. The number of halogens is 1. The van der Waals surface area contributed by atoms with Gasteiger partial charge in [0.25, 0.3) is 0 Å². The second-order valence-corrected chi connectivity index (χ2v) is 11.1. The fourth-order valence-corrected chi connectivity index (χ4v) is 6.19. The van der Waals surface area contributed by atoms with Gasteiger partial charge in [0.05, 0.1) is 23.5 Å². The molecule has 1 aliphatic carbocycles. The average molecular weight is 576 g/mol. The van der Waals surface area contributed by atoms with E-state index in [1.165, 1.54) is 12.4 Å². The number of aromatic nitrogens is 5. The van der Waals surface area contributed by atoms with Crippen LogP contribution in [0, 0.1) is 5.82 Å². The van der Waals surface area contributed by atoms with Crippen molar-refractivity contribution in [3.8, 4) is 11.3 Å². The highest BCUT2D eigenvalue weighted by Gasteiger charge is 2.27. The minimum absolute atomic E-state index is 0.138. The van der Waals surface area contributed by atoms with Crippen molar-refractivity contribution in [3.05, 3.63) is 102 Å². The van der Waals surface area contributed by atoms with E-state index in [9.17, 15) is 14.3 Å². The summed E-state index contributed by atoms with van der Waals surface area (Å²) in [5.74, 6) is -0.767. The van der Waals surface area contributed by atoms with Crippen LogP contribution in [0.5, 0.6) is 0 Å². The maximum atomic E-state index is 14.3. The van der Waals surface area contributed by atoms with Gasteiger partial charge in [0.1, 0.15) is 23.7 Å². The van der Waals surface area contributed by atoms with Gasteiger partial charge in [0, 0.05) is 40.0 Å². The maximum absolute atomic E-state index is 14.3. The summed E-state index contributed by atoms with van der Waals surface area (Å²) in [4.78, 5) is 20.2. The number of hydrogen-bond donors (Lipinski definition) is 3. The first-order valence-electron chi connectivity index (χ1n) is 14.4. The van der Waals surface area contributed by atoms with E-state index in [1.54, 1.807) is 30.3 Å². The molecule has 216 valence electrons. The Balaban J connectivity index is 1.15. The smallest absolute Gasteiger partial charge is 0.335 e. The van der Waals surface area contributed by atoms with Crippen molar-refractivity contribution in [2.24, 2.45) is 0 Å². The Hall–Kier alpha value is -5.25. The summed E-state index contributed by atoms with van der Waals surface area (Å²) in [6.45, 7) is 0.441. The zero-order valence-electron chi connectivity index (χ0n) is 23.3. The summed E-state index contributed by atoms with van der Waals surface area (Å²) in [6, 6.07) is 22.3. The molecule has 1 fully saturated rings. The predicted molar refractivity (Wildman–Crippen MR) is 164 cm³/mol. The van der Waals surface area contributed by atoms with Gasteiger partial charge in [-0.1, -0.05) is 30.3 Å². The highest BCUT2D eigenvalue weighted by atomic mass is 19.1. The monoisotopic (exact) mass is 575 g/mol. The zero-order chi connectivity index (χ0) is 29.5. The lowest BCUT2D eigenvalue weighted by molar-refractivity contribution is 0.0697. The molecule has 10 heteroatoms. The average Bonchev–Trinajstić information content (AvgIpc) is 3.61. The van der Waals surface area contributed by atoms with Crippen molar-refractivity contribution in [2.75, 3.05) is 11.1 Å². The number of carboxylic acid groups (broad SMARTS) is 1. The van der Waals surface area contributed by atoms with Crippen LogP contribution in [0.3, 0.4) is 0 Å². The van der Waals surface area contributed by atoms with Gasteiger partial charge in [-0.2, -0.15) is 5.10 Å². The molecule has 0 spiro atoms. The summed E-state index contributed by atoms with van der Waals surface area (Å²) in [7, 11) is 0. The summed E-state index contributed by atoms with van der Waals surface area (Å²) < 4.78 is 18.3. The highest BCUT2D eigenvalue weighted by Crippen LogP contribution is 2.37. The van der Waals surface area contributed by atoms with Gasteiger partial charge in [-0.3, -0.25) is 0 Å². The predicted octanol–water partition coefficient (Wildman–Crippen LogP) is 6.51. The fourth-order valence-electron chi connectivity index (χ4n) is 6.19. The summed E-state index contributed by atoms with van der Waals surface area (Å²) >= 11 is 0. The van der Waals surface area contributed by atoms with E-state index in [0.717, 1.165) is 58.9 Å². The van der Waals surface area contributed by atoms with Crippen molar-refractivity contribution in [1.82, 2.24) is 24.3 Å². The van der Waals surface area contributed by atoms with E-state index in [-0.39, 0.29) is 23.5 Å². The minimum atomic E-state index is -0.936. The molecule has 1 saturated carbocycles. The molecule has 9 nitrogen and oxygen atoms in total. The molecule has 3 aromatic carbocycles. The van der Waals surface area contributed by atoms with Crippen molar-refractivity contribution in [1.29, 1.82) is 0 Å². The Morgan fingerprint density at radius 3 is 2.65 bits per heavy atom. The van der Waals surface area contributed by atoms with Crippen molar-refractivity contribution < 1.29 is 14.3 Å². The Morgan fingerprint density at radius 2 is 1.84 bits per heavy atom. The summed E-state index contributed by atoms with van der Waals surface area (Å²) in [5, 5.41) is 19.6. The van der Waals surface area contributed by atoms with E-state index in [2.05, 4.69) is 21.4 Å². The van der Waals surface area contributed by atoms with E-state index in [0.29, 0.717) is 23.6 Å². The number of carboxylic acids is 1. The molecule has 3 heterocycles. The Kier molecular flexibility index (Phi) is 6.73. The van der Waals surface area contributed by atoms with Crippen LogP contribution in [-0.4, -0.2) is 41.4 Å². The van der Waals surface area contributed by atoms with Gasteiger partial charge in [0.2, 0.25) is 0 Å². The lowest BCUT2D eigenvalue weighted by Crippen LogP contribution is -2.28. The van der Waals surface area contributed by atoms with Crippen LogP contribution in [0.25, 0.3) is 33.2 Å². The number of anilines is 2. The number of nitrogens with one attached hydrogen (secondary N) is 1. The van der Waals surface area contributed by atoms with Crippen LogP contribution < -0.4 is 11.1 Å². The normalized spacial score (nSPS) is 17.0. The van der Waals surface area contributed by atoms with Gasteiger partial charge in [-0.05, 0) is 68.1 Å². The lowest BCUT2D eigenvalue weighted by Gasteiger charge is -2.30. The Morgan fingerprint density at radius 1 is 1.00 bits per heavy atom. The van der Waals surface area contributed by atoms with E-state index >= 15 is 0 Å². The van der Waals surface area contributed by atoms with Crippen LogP contribution in [-0.2, 0) is 6.54 Å². The summed E-state index contributed by atoms with van der Waals surface area (Å²) in [5.41, 5.74) is 11.5. The third-order valence-corrected chi connectivity index (χ3v) is 8.38. The van der Waals surface area contributed by atoms with Crippen molar-refractivity contribution in [3.63, 3.8) is 0 Å². The molecule has 6 aromatic rings. The maximum Gasteiger partial charge on any atom is 0.335 e. The second kappa shape index (κ2) is 10.9. The summed E-state index contributed by atoms with van der Waals surface area (Å²) in [6.07, 6.45) is 7.03. The molecular formula is C33H30FN7O2. The molecular weight excluding hydrogens is 545 g/mol. The molecule has 0 amide bonds. The standard InChI is InChI=1S/C33H30FN7O2/c34-27-7-2-1-4-23(27)18-40-15-14-20-16-21(8-13-28(20)40)30-29-31(35)36-19-37-32(29)41(39-30)26-11-9-24(10-12-26)38-25-6-3-5-22(17-25)33(42)43/h1-8,13-17,19,24,26,38H,9-12,18H2,(H,42,43)(H2,35,36,37)/t24-,26+. The quantitative estimate of drug-likeness (QED) is 0.198. The first kappa shape index (κ1) is 26.6. The van der Waals surface area contributed by atoms with Crippen LogP contribution >= 0.6 is 0 Å². The molecule has 1 aliphatic rings. The van der Waals surface area contributed by atoms with Crippen LogP contribution in [0.15, 0.2) is 85.3 Å². The number of nitrogen functional groups attached to an aromatic ring is 1. The largest absolute Gasteiger partial charge is 0.478 e. The van der Waals surface area contributed by atoms with Gasteiger partial charge < -0.3 is 20.7 Å². The molecule has 0 radical (unpaired) electrons. The van der Waals surface area contributed by atoms with Crippen LogP contribution in [0.2, 0.25) is 0 Å². The van der Waals surface area contributed by atoms with Crippen LogP contribution in [0.1, 0.15) is 47.6 Å². The van der Waals surface area contributed by atoms with E-state index in [4.69, 9.17) is 10.8 Å². The van der Waals surface area contributed by atoms with E-state index in [1.807, 2.05) is 45.8 Å². The van der Waals surface area contributed by atoms with Gasteiger partial charge in [0.15, 0.2) is 5.65 Å². The zero-order valence-corrected chi connectivity index (χ0v) is 23.3. The number of benzene rings is 3. The van der Waals surface area contributed by atoms with Crippen molar-refractivity contribution in [2.45, 2.75) is 44.3 Å². The Labute approximate surface area is 246 Å². The van der Waals surface area contributed by atoms with Crippen molar-refractivity contribution >= 4 is 39.4 Å². The minimum Gasteiger partial charge on any atom is -0.478 e. The molecule has 7 rings (SSSR count). The number of nitrogens with zero attached hydrogens (tertiary/aromatic N) is 5. The topological polar surface area (TPSA) is 124 Å². The number of rotatable bonds is 7. The number of hydrogen-bond acceptors (Lipinski definition) is 6. The number of fused-ring (bicyclic) bond motifs is 2. The fraction of sp³-hybridized carbons (Fsp3) is 0.212. The first-order chi connectivity index (χ1) is 20.9. The lowest BCUT2D eigenvalue weighted by atomic mass is 9.91. The van der Waals surface area contributed by atoms with Gasteiger partial charge >= 0.3 is 5.97 Å². The second-order valence-electron chi connectivity index (χ2n) is 11.1. The molecule has 0 atom stereocenters. The van der Waals surface area contributed by atoms with Gasteiger partial charge in [-0.25, -0.2) is 23.8 Å². The molecule has 43 heavy (non-hydrogen) atoms. The molecule has 3 aromatic heterocycles. The number of nitrogens with two attached hydrogens (primary N) is 1. The molecule has 0 aliphatic heterocycles. The third-order valence-electron chi connectivity index (χ3n) is 8.38. The third kappa shape index (κ3) is 5.05. The number of aromatic carboxylic acids is 1. The van der Waals surface area contributed by atoms with E-state index < -0.39 is 5.97 Å². The highest BCUT2D eigenvalue weighted by molar-refractivity contribution is 6.00. The first-order valence-corrected chi connectivity index (χ1v) is 14.4. The van der Waals surface area contributed by atoms with Crippen LogP contribution in [0.4, 0.5) is 15.9 Å². The number of carbonyl (C=O) groups is 1. The Bertz CT molecular complexity index is 1970. The van der Waals surface area contributed by atoms with Gasteiger partial charge in [-0.15, -0.1) is 0 Å². The SMILES string of the molecule is Nc1ncnc2c1c(-c1ccc3c(ccn3Cc3ccccc3F)c1)nn2[C@H]1CC[C@@H](Nc2cccc(C(=O)O)c2)CC1. The molecule has 0 bridgehead atoms.